The van der Waals surface area contributed by atoms with Gasteiger partial charge in [0.15, 0.2) is 5.78 Å². The molecule has 1 aromatic rings. The Labute approximate surface area is 105 Å². The van der Waals surface area contributed by atoms with Gasteiger partial charge in [-0.05, 0) is 18.4 Å². The van der Waals surface area contributed by atoms with Crippen LogP contribution in [0.2, 0.25) is 0 Å². The summed E-state index contributed by atoms with van der Waals surface area (Å²) in [6, 6.07) is 8.12. The van der Waals surface area contributed by atoms with Crippen molar-refractivity contribution in [3.05, 3.63) is 35.4 Å². The van der Waals surface area contributed by atoms with E-state index in [-0.39, 0.29) is 5.78 Å². The molecule has 0 saturated heterocycles. The van der Waals surface area contributed by atoms with Gasteiger partial charge in [-0.2, -0.15) is 0 Å². The maximum Gasteiger partial charge on any atom is 0.168 e. The third-order valence-electron chi connectivity index (χ3n) is 2.95. The Hall–Kier alpha value is -1.15. The van der Waals surface area contributed by atoms with Crippen molar-refractivity contribution >= 4 is 5.78 Å². The van der Waals surface area contributed by atoms with Crippen LogP contribution >= 0.6 is 0 Å². The second-order valence-corrected chi connectivity index (χ2v) is 4.93. The van der Waals surface area contributed by atoms with Gasteiger partial charge in [-0.15, -0.1) is 0 Å². The number of quaternary nitrogens is 1. The molecule has 1 N–H and O–H groups in total. The van der Waals surface area contributed by atoms with Crippen LogP contribution in [0.15, 0.2) is 24.3 Å². The molecule has 0 bridgehead atoms. The van der Waals surface area contributed by atoms with E-state index in [1.807, 2.05) is 12.1 Å². The van der Waals surface area contributed by atoms with Crippen molar-refractivity contribution in [3.8, 4) is 0 Å². The van der Waals surface area contributed by atoms with Gasteiger partial charge in [0, 0.05) is 5.56 Å². The zero-order valence-corrected chi connectivity index (χ0v) is 11.3. The Morgan fingerprint density at radius 3 is 2.35 bits per heavy atom. The van der Waals surface area contributed by atoms with Crippen molar-refractivity contribution in [3.63, 3.8) is 0 Å². The first-order valence-electron chi connectivity index (χ1n) is 6.54. The summed E-state index contributed by atoms with van der Waals surface area (Å²) in [4.78, 5) is 13.2. The molecule has 0 amide bonds. The van der Waals surface area contributed by atoms with E-state index in [1.165, 1.54) is 23.3 Å². The molecule has 0 fully saturated rings. The Balaban J connectivity index is 2.51. The standard InChI is InChI=1S/C15H23NO/c1-4-5-6-13-7-9-14(10-8-13)15(17)11-12-16(2)3/h7-10H,4-6,11-12H2,1-3H3/p+1. The van der Waals surface area contributed by atoms with Crippen LogP contribution in [0, 0.1) is 0 Å². The van der Waals surface area contributed by atoms with Crippen molar-refractivity contribution in [1.82, 2.24) is 0 Å². The lowest BCUT2D eigenvalue weighted by Gasteiger charge is -2.06. The monoisotopic (exact) mass is 234 g/mol. The Bertz CT molecular complexity index is 340. The van der Waals surface area contributed by atoms with Gasteiger partial charge in [-0.25, -0.2) is 0 Å². The summed E-state index contributed by atoms with van der Waals surface area (Å²) in [5, 5.41) is 0. The van der Waals surface area contributed by atoms with Crippen LogP contribution in [-0.4, -0.2) is 26.4 Å². The van der Waals surface area contributed by atoms with Crippen LogP contribution < -0.4 is 4.90 Å². The molecule has 0 radical (unpaired) electrons. The molecule has 1 aromatic carbocycles. The Morgan fingerprint density at radius 1 is 1.18 bits per heavy atom. The van der Waals surface area contributed by atoms with E-state index in [4.69, 9.17) is 0 Å². The predicted molar refractivity (Wildman–Crippen MR) is 71.7 cm³/mol. The fraction of sp³-hybridized carbons (Fsp3) is 0.533. The molecule has 17 heavy (non-hydrogen) atoms. The van der Waals surface area contributed by atoms with Gasteiger partial charge in [0.05, 0.1) is 27.1 Å². The van der Waals surface area contributed by atoms with E-state index in [0.29, 0.717) is 6.42 Å². The maximum atomic E-state index is 11.9. The summed E-state index contributed by atoms with van der Waals surface area (Å²) in [6.07, 6.45) is 4.19. The van der Waals surface area contributed by atoms with Gasteiger partial charge in [0.2, 0.25) is 0 Å². The molecule has 0 atom stereocenters. The number of nitrogens with one attached hydrogen (secondary N) is 1. The lowest BCUT2D eigenvalue weighted by Crippen LogP contribution is -3.05. The van der Waals surface area contributed by atoms with Gasteiger partial charge in [0.1, 0.15) is 0 Å². The average molecular weight is 234 g/mol. The summed E-state index contributed by atoms with van der Waals surface area (Å²) >= 11 is 0. The normalized spacial score (nSPS) is 10.8. The number of rotatable bonds is 7. The topological polar surface area (TPSA) is 21.5 Å². The van der Waals surface area contributed by atoms with Crippen molar-refractivity contribution in [1.29, 1.82) is 0 Å². The molecule has 0 aliphatic rings. The third kappa shape index (κ3) is 5.14. The first kappa shape index (κ1) is 13.9. The minimum absolute atomic E-state index is 0.258. The predicted octanol–water partition coefficient (Wildman–Crippen LogP) is 1.75. The number of carbonyl (C=O) groups is 1. The summed E-state index contributed by atoms with van der Waals surface area (Å²) in [7, 11) is 4.14. The lowest BCUT2D eigenvalue weighted by atomic mass is 10.0. The van der Waals surface area contributed by atoms with Gasteiger partial charge in [-0.1, -0.05) is 37.6 Å². The maximum absolute atomic E-state index is 11.9. The smallest absolute Gasteiger partial charge is 0.168 e. The molecular formula is C15H24NO+. The largest absolute Gasteiger partial charge is 0.339 e. The van der Waals surface area contributed by atoms with E-state index in [0.717, 1.165) is 18.5 Å². The van der Waals surface area contributed by atoms with Gasteiger partial charge >= 0.3 is 0 Å². The molecule has 0 aromatic heterocycles. The van der Waals surface area contributed by atoms with Crippen LogP contribution in [0.25, 0.3) is 0 Å². The van der Waals surface area contributed by atoms with Crippen LogP contribution in [0.5, 0.6) is 0 Å². The number of aryl methyl sites for hydroxylation is 1. The SMILES string of the molecule is CCCCc1ccc(C(=O)CC[NH+](C)C)cc1. The zero-order chi connectivity index (χ0) is 12.7. The number of carbonyl (C=O) groups excluding carboxylic acids is 1. The van der Waals surface area contributed by atoms with Crippen molar-refractivity contribution in [2.45, 2.75) is 32.6 Å². The van der Waals surface area contributed by atoms with Crippen molar-refractivity contribution in [2.24, 2.45) is 0 Å². The minimum atomic E-state index is 0.258. The Morgan fingerprint density at radius 2 is 1.82 bits per heavy atom. The lowest BCUT2D eigenvalue weighted by molar-refractivity contribution is -0.857. The van der Waals surface area contributed by atoms with Gasteiger partial charge < -0.3 is 4.90 Å². The number of hydrogen-bond donors (Lipinski definition) is 1. The molecule has 0 spiro atoms. The molecule has 94 valence electrons. The second kappa shape index (κ2) is 7.23. The summed E-state index contributed by atoms with van der Waals surface area (Å²) in [6.45, 7) is 3.10. The number of hydrogen-bond acceptors (Lipinski definition) is 1. The Kier molecular flexibility index (Phi) is 5.92. The molecule has 0 saturated carbocycles. The number of ketones is 1. The highest BCUT2D eigenvalue weighted by molar-refractivity contribution is 5.96. The highest BCUT2D eigenvalue weighted by Crippen LogP contribution is 2.09. The zero-order valence-electron chi connectivity index (χ0n) is 11.3. The number of Topliss-reactive ketones (excluding diaryl/α,β-unsaturated/α-hetero) is 1. The summed E-state index contributed by atoms with van der Waals surface area (Å²) in [5.41, 5.74) is 2.19. The fourth-order valence-electron chi connectivity index (χ4n) is 1.75. The first-order valence-corrected chi connectivity index (χ1v) is 6.54. The van der Waals surface area contributed by atoms with E-state index < -0.39 is 0 Å². The highest BCUT2D eigenvalue weighted by atomic mass is 16.1. The molecule has 1 rings (SSSR count). The second-order valence-electron chi connectivity index (χ2n) is 4.93. The molecule has 0 aliphatic heterocycles. The molecule has 0 unspecified atom stereocenters. The summed E-state index contributed by atoms with van der Waals surface area (Å²) in [5.74, 6) is 0.258. The number of unbranched alkanes of at least 4 members (excludes halogenated alkanes) is 1. The van der Waals surface area contributed by atoms with Crippen molar-refractivity contribution in [2.75, 3.05) is 20.6 Å². The van der Waals surface area contributed by atoms with Crippen LogP contribution in [-0.2, 0) is 6.42 Å². The van der Waals surface area contributed by atoms with E-state index in [9.17, 15) is 4.79 Å². The van der Waals surface area contributed by atoms with Gasteiger partial charge in [-0.3, -0.25) is 4.79 Å². The fourth-order valence-corrected chi connectivity index (χ4v) is 1.75. The van der Waals surface area contributed by atoms with E-state index >= 15 is 0 Å². The van der Waals surface area contributed by atoms with E-state index in [2.05, 4.69) is 33.2 Å². The number of benzene rings is 1. The third-order valence-corrected chi connectivity index (χ3v) is 2.95. The highest BCUT2D eigenvalue weighted by Gasteiger charge is 2.07. The summed E-state index contributed by atoms with van der Waals surface area (Å²) < 4.78 is 0. The molecule has 0 heterocycles. The minimum Gasteiger partial charge on any atom is -0.339 e. The molecular weight excluding hydrogens is 210 g/mol. The molecule has 2 heteroatoms. The molecule has 0 aliphatic carbocycles. The quantitative estimate of drug-likeness (QED) is 0.713. The molecule has 2 nitrogen and oxygen atoms in total. The first-order chi connectivity index (χ1) is 8.13. The van der Waals surface area contributed by atoms with Crippen LogP contribution in [0.1, 0.15) is 42.1 Å². The van der Waals surface area contributed by atoms with Gasteiger partial charge in [0.25, 0.3) is 0 Å². The average Bonchev–Trinajstić information content (AvgIpc) is 2.34. The van der Waals surface area contributed by atoms with Crippen LogP contribution in [0.4, 0.5) is 0 Å². The van der Waals surface area contributed by atoms with Crippen molar-refractivity contribution < 1.29 is 9.69 Å². The van der Waals surface area contributed by atoms with Crippen LogP contribution in [0.3, 0.4) is 0 Å². The van der Waals surface area contributed by atoms with E-state index in [1.54, 1.807) is 0 Å².